The Bertz CT molecular complexity index is 495. The Morgan fingerprint density at radius 3 is 3.00 bits per heavy atom. The third-order valence-electron chi connectivity index (χ3n) is 2.64. The number of halogens is 1. The van der Waals surface area contributed by atoms with E-state index in [0.29, 0.717) is 0 Å². The van der Waals surface area contributed by atoms with Gasteiger partial charge in [0, 0.05) is 18.4 Å². The highest BCUT2D eigenvalue weighted by molar-refractivity contribution is 9.10. The Balaban J connectivity index is 2.33. The minimum absolute atomic E-state index is 0.164. The molecular formula is C12H15BrN4. The van der Waals surface area contributed by atoms with Crippen LogP contribution >= 0.6 is 15.9 Å². The fraction of sp³-hybridized carbons (Fsp3) is 0.333. The van der Waals surface area contributed by atoms with Gasteiger partial charge in [-0.25, -0.2) is 9.67 Å². The molecule has 2 N–H and O–H groups in total. The topological polar surface area (TPSA) is 56.7 Å². The van der Waals surface area contributed by atoms with Crippen LogP contribution in [-0.4, -0.2) is 20.8 Å². The van der Waals surface area contributed by atoms with Gasteiger partial charge in [-0.3, -0.25) is 0 Å². The summed E-state index contributed by atoms with van der Waals surface area (Å²) in [6.45, 7) is 2.09. The molecule has 1 atom stereocenters. The van der Waals surface area contributed by atoms with Crippen molar-refractivity contribution < 1.29 is 0 Å². The van der Waals surface area contributed by atoms with Crippen LogP contribution in [0.1, 0.15) is 18.9 Å². The lowest BCUT2D eigenvalue weighted by Gasteiger charge is -2.12. The van der Waals surface area contributed by atoms with E-state index in [1.165, 1.54) is 0 Å². The van der Waals surface area contributed by atoms with Crippen LogP contribution in [-0.2, 0) is 6.42 Å². The van der Waals surface area contributed by atoms with E-state index in [1.54, 1.807) is 17.1 Å². The van der Waals surface area contributed by atoms with Crippen LogP contribution in [0.25, 0.3) is 5.82 Å². The predicted octanol–water partition coefficient (Wildman–Crippen LogP) is 2.31. The zero-order valence-corrected chi connectivity index (χ0v) is 11.3. The number of nitrogens with two attached hydrogens (primary N) is 1. The molecule has 2 aromatic heterocycles. The van der Waals surface area contributed by atoms with Crippen molar-refractivity contribution in [1.29, 1.82) is 0 Å². The average Bonchev–Trinajstić information content (AvgIpc) is 2.76. The Hall–Kier alpha value is -1.20. The van der Waals surface area contributed by atoms with Crippen LogP contribution in [0.3, 0.4) is 0 Å². The summed E-state index contributed by atoms with van der Waals surface area (Å²) in [7, 11) is 0. The summed E-state index contributed by atoms with van der Waals surface area (Å²) in [5.41, 5.74) is 7.11. The fourth-order valence-electron chi connectivity index (χ4n) is 1.64. The van der Waals surface area contributed by atoms with E-state index >= 15 is 0 Å². The summed E-state index contributed by atoms with van der Waals surface area (Å²) in [5.74, 6) is 0.849. The summed E-state index contributed by atoms with van der Waals surface area (Å²) < 4.78 is 2.70. The second-order valence-corrected chi connectivity index (χ2v) is 4.88. The van der Waals surface area contributed by atoms with Crippen LogP contribution in [0, 0.1) is 0 Å². The van der Waals surface area contributed by atoms with Gasteiger partial charge in [0.25, 0.3) is 0 Å². The van der Waals surface area contributed by atoms with Crippen molar-refractivity contribution >= 4 is 15.9 Å². The maximum Gasteiger partial charge on any atom is 0.156 e. The summed E-state index contributed by atoms with van der Waals surface area (Å²) in [5, 5.41) is 4.25. The molecule has 90 valence electrons. The number of pyridine rings is 1. The summed E-state index contributed by atoms with van der Waals surface area (Å²) >= 11 is 3.38. The smallest absolute Gasteiger partial charge is 0.156 e. The average molecular weight is 295 g/mol. The second kappa shape index (κ2) is 5.42. The Kier molecular flexibility index (Phi) is 3.91. The van der Waals surface area contributed by atoms with Gasteiger partial charge in [0.1, 0.15) is 0 Å². The Labute approximate surface area is 109 Å². The van der Waals surface area contributed by atoms with Gasteiger partial charge in [-0.15, -0.1) is 0 Å². The lowest BCUT2D eigenvalue weighted by Crippen LogP contribution is -2.22. The number of hydrogen-bond acceptors (Lipinski definition) is 3. The van der Waals surface area contributed by atoms with Gasteiger partial charge in [0.15, 0.2) is 5.82 Å². The quantitative estimate of drug-likeness (QED) is 0.941. The summed E-state index contributed by atoms with van der Waals surface area (Å²) in [4.78, 5) is 4.37. The van der Waals surface area contributed by atoms with Crippen molar-refractivity contribution in [3.8, 4) is 5.82 Å². The van der Waals surface area contributed by atoms with E-state index in [4.69, 9.17) is 5.73 Å². The number of aromatic nitrogens is 3. The first-order chi connectivity index (χ1) is 8.20. The van der Waals surface area contributed by atoms with Gasteiger partial charge in [-0.1, -0.05) is 13.0 Å². The van der Waals surface area contributed by atoms with E-state index < -0.39 is 0 Å². The molecule has 0 aliphatic heterocycles. The standard InChI is InChI=1S/C12H15BrN4/c1-2-11(14)6-9-4-3-5-15-12(9)17-8-10(13)7-16-17/h3-5,7-8,11H,2,6,14H2,1H3. The molecule has 0 amide bonds. The molecule has 1 unspecified atom stereocenters. The van der Waals surface area contributed by atoms with E-state index in [1.807, 2.05) is 18.3 Å². The molecule has 4 nitrogen and oxygen atoms in total. The first-order valence-electron chi connectivity index (χ1n) is 5.60. The number of hydrogen-bond donors (Lipinski definition) is 1. The molecule has 17 heavy (non-hydrogen) atoms. The van der Waals surface area contributed by atoms with Gasteiger partial charge in [0.05, 0.1) is 10.7 Å². The molecule has 0 saturated carbocycles. The molecule has 0 radical (unpaired) electrons. The molecule has 2 aromatic rings. The minimum Gasteiger partial charge on any atom is -0.327 e. The largest absolute Gasteiger partial charge is 0.327 e. The first kappa shape index (κ1) is 12.3. The Morgan fingerprint density at radius 1 is 1.53 bits per heavy atom. The molecule has 0 saturated heterocycles. The first-order valence-corrected chi connectivity index (χ1v) is 6.40. The van der Waals surface area contributed by atoms with Gasteiger partial charge in [0.2, 0.25) is 0 Å². The van der Waals surface area contributed by atoms with Crippen molar-refractivity contribution in [2.45, 2.75) is 25.8 Å². The van der Waals surface area contributed by atoms with Crippen LogP contribution in [0.15, 0.2) is 35.2 Å². The highest BCUT2D eigenvalue weighted by atomic mass is 79.9. The second-order valence-electron chi connectivity index (χ2n) is 3.96. The van der Waals surface area contributed by atoms with E-state index in [-0.39, 0.29) is 6.04 Å². The van der Waals surface area contributed by atoms with Crippen LogP contribution in [0.2, 0.25) is 0 Å². The summed E-state index contributed by atoms with van der Waals surface area (Å²) in [6.07, 6.45) is 7.18. The highest BCUT2D eigenvalue weighted by Crippen LogP contribution is 2.16. The van der Waals surface area contributed by atoms with Crippen molar-refractivity contribution in [2.24, 2.45) is 5.73 Å². The van der Waals surface area contributed by atoms with Gasteiger partial charge in [-0.2, -0.15) is 5.10 Å². The third-order valence-corrected chi connectivity index (χ3v) is 3.05. The molecule has 0 bridgehead atoms. The van der Waals surface area contributed by atoms with Crippen molar-refractivity contribution in [1.82, 2.24) is 14.8 Å². The van der Waals surface area contributed by atoms with E-state index in [0.717, 1.165) is 28.7 Å². The zero-order valence-electron chi connectivity index (χ0n) is 9.68. The predicted molar refractivity (Wildman–Crippen MR) is 71.0 cm³/mol. The molecule has 0 aromatic carbocycles. The SMILES string of the molecule is CCC(N)Cc1cccnc1-n1cc(Br)cn1. The zero-order chi connectivity index (χ0) is 12.3. The highest BCUT2D eigenvalue weighted by Gasteiger charge is 2.09. The van der Waals surface area contributed by atoms with Crippen LogP contribution in [0.4, 0.5) is 0 Å². The maximum absolute atomic E-state index is 5.99. The summed E-state index contributed by atoms with van der Waals surface area (Å²) in [6, 6.07) is 4.14. The van der Waals surface area contributed by atoms with Crippen LogP contribution in [0.5, 0.6) is 0 Å². The van der Waals surface area contributed by atoms with E-state index in [9.17, 15) is 0 Å². The maximum atomic E-state index is 5.99. The third kappa shape index (κ3) is 2.92. The molecular weight excluding hydrogens is 280 g/mol. The molecule has 0 fully saturated rings. The van der Waals surface area contributed by atoms with E-state index in [2.05, 4.69) is 32.9 Å². The van der Waals surface area contributed by atoms with Gasteiger partial charge < -0.3 is 5.73 Å². The van der Waals surface area contributed by atoms with Crippen molar-refractivity contribution in [3.05, 3.63) is 40.8 Å². The number of rotatable bonds is 4. The minimum atomic E-state index is 0.164. The lowest BCUT2D eigenvalue weighted by atomic mass is 10.1. The molecule has 2 rings (SSSR count). The molecule has 0 aliphatic rings. The monoisotopic (exact) mass is 294 g/mol. The molecule has 0 spiro atoms. The van der Waals surface area contributed by atoms with Gasteiger partial charge >= 0.3 is 0 Å². The number of nitrogens with zero attached hydrogens (tertiary/aromatic N) is 3. The molecule has 5 heteroatoms. The van der Waals surface area contributed by atoms with Crippen LogP contribution < -0.4 is 5.73 Å². The fourth-order valence-corrected chi connectivity index (χ4v) is 1.92. The van der Waals surface area contributed by atoms with Gasteiger partial charge in [-0.05, 0) is 40.4 Å². The Morgan fingerprint density at radius 2 is 2.35 bits per heavy atom. The normalized spacial score (nSPS) is 12.6. The lowest BCUT2D eigenvalue weighted by molar-refractivity contribution is 0.639. The molecule has 2 heterocycles. The van der Waals surface area contributed by atoms with Crippen molar-refractivity contribution in [3.63, 3.8) is 0 Å². The van der Waals surface area contributed by atoms with Crippen molar-refractivity contribution in [2.75, 3.05) is 0 Å². The molecule has 0 aliphatic carbocycles.